The molecule has 17 heavy (non-hydrogen) atoms. The second-order valence-corrected chi connectivity index (χ2v) is 3.75. The number of rotatable bonds is 3. The Balaban J connectivity index is 2.46. The van der Waals surface area contributed by atoms with Crippen LogP contribution in [0.25, 0.3) is 6.08 Å². The van der Waals surface area contributed by atoms with Crippen molar-refractivity contribution in [1.82, 2.24) is 0 Å². The van der Waals surface area contributed by atoms with Crippen LogP contribution in [0.15, 0.2) is 23.3 Å². The van der Waals surface area contributed by atoms with Gasteiger partial charge >= 0.3 is 0 Å². The summed E-state index contributed by atoms with van der Waals surface area (Å²) in [7, 11) is 1.63. The molecule has 1 aromatic carbocycles. The molecule has 90 valence electrons. The van der Waals surface area contributed by atoms with Gasteiger partial charge in [0.2, 0.25) is 0 Å². The topological polar surface area (TPSA) is 56.8 Å². The SMILES string of the molecule is CCOc1cc2c(cc1OC)CC(N)=NC=C2. The smallest absolute Gasteiger partial charge is 0.161 e. The Bertz CT molecular complexity index is 479. The number of fused-ring (bicyclic) bond motifs is 1. The van der Waals surface area contributed by atoms with E-state index in [1.54, 1.807) is 13.3 Å². The molecule has 0 unspecified atom stereocenters. The molecular formula is C13H16N2O2. The Hall–Kier alpha value is -1.97. The Kier molecular flexibility index (Phi) is 3.32. The zero-order chi connectivity index (χ0) is 12.3. The summed E-state index contributed by atoms with van der Waals surface area (Å²) >= 11 is 0. The summed E-state index contributed by atoms with van der Waals surface area (Å²) in [5.74, 6) is 2.08. The highest BCUT2D eigenvalue weighted by Crippen LogP contribution is 2.32. The molecular weight excluding hydrogens is 216 g/mol. The van der Waals surface area contributed by atoms with Gasteiger partial charge in [-0.15, -0.1) is 0 Å². The minimum absolute atomic E-state index is 0.603. The Morgan fingerprint density at radius 1 is 1.35 bits per heavy atom. The molecule has 4 nitrogen and oxygen atoms in total. The second-order valence-electron chi connectivity index (χ2n) is 3.75. The molecule has 0 saturated heterocycles. The number of aliphatic imine (C=N–C) groups is 1. The molecule has 0 amide bonds. The molecule has 0 spiro atoms. The second kappa shape index (κ2) is 4.91. The van der Waals surface area contributed by atoms with Crippen LogP contribution in [0.5, 0.6) is 11.5 Å². The van der Waals surface area contributed by atoms with Gasteiger partial charge in [0.15, 0.2) is 11.5 Å². The number of methoxy groups -OCH3 is 1. The quantitative estimate of drug-likeness (QED) is 0.866. The number of ether oxygens (including phenoxy) is 2. The maximum absolute atomic E-state index is 5.76. The van der Waals surface area contributed by atoms with Gasteiger partial charge in [0.25, 0.3) is 0 Å². The maximum atomic E-state index is 5.76. The molecule has 0 saturated carbocycles. The van der Waals surface area contributed by atoms with Gasteiger partial charge in [0, 0.05) is 12.6 Å². The summed E-state index contributed by atoms with van der Waals surface area (Å²) in [5.41, 5.74) is 7.93. The monoisotopic (exact) mass is 232 g/mol. The largest absolute Gasteiger partial charge is 0.493 e. The van der Waals surface area contributed by atoms with Crippen molar-refractivity contribution in [2.24, 2.45) is 10.7 Å². The molecule has 0 atom stereocenters. The average Bonchev–Trinajstić information content (AvgIpc) is 2.49. The normalized spacial score (nSPS) is 13.6. The summed E-state index contributed by atoms with van der Waals surface area (Å²) in [4.78, 5) is 4.10. The number of hydrogen-bond donors (Lipinski definition) is 1. The first-order valence-electron chi connectivity index (χ1n) is 5.57. The molecule has 2 N–H and O–H groups in total. The van der Waals surface area contributed by atoms with E-state index in [-0.39, 0.29) is 0 Å². The van der Waals surface area contributed by atoms with Crippen LogP contribution in [0.2, 0.25) is 0 Å². The zero-order valence-corrected chi connectivity index (χ0v) is 10.1. The van der Waals surface area contributed by atoms with E-state index in [0.29, 0.717) is 18.9 Å². The first-order chi connectivity index (χ1) is 8.24. The van der Waals surface area contributed by atoms with Crippen LogP contribution in [0.4, 0.5) is 0 Å². The van der Waals surface area contributed by atoms with Gasteiger partial charge in [-0.25, -0.2) is 4.99 Å². The van der Waals surface area contributed by atoms with Crippen molar-refractivity contribution >= 4 is 11.9 Å². The number of nitrogens with two attached hydrogens (primary N) is 1. The summed E-state index contributed by atoms with van der Waals surface area (Å²) < 4.78 is 10.8. The van der Waals surface area contributed by atoms with Crippen molar-refractivity contribution in [1.29, 1.82) is 0 Å². The van der Waals surface area contributed by atoms with E-state index in [1.165, 1.54) is 0 Å². The minimum atomic E-state index is 0.603. The zero-order valence-electron chi connectivity index (χ0n) is 10.1. The Labute approximate surface area is 101 Å². The lowest BCUT2D eigenvalue weighted by molar-refractivity contribution is 0.310. The standard InChI is InChI=1S/C13H16N2O2/c1-3-17-12-6-9-4-5-15-13(14)8-10(9)7-11(12)16-2/h4-7H,3,8H2,1-2H3,(H2,14,15). The van der Waals surface area contributed by atoms with Gasteiger partial charge in [-0.1, -0.05) is 0 Å². The molecule has 0 radical (unpaired) electrons. The van der Waals surface area contributed by atoms with E-state index in [4.69, 9.17) is 15.2 Å². The van der Waals surface area contributed by atoms with E-state index in [0.717, 1.165) is 22.6 Å². The number of amidine groups is 1. The lowest BCUT2D eigenvalue weighted by Gasteiger charge is -2.13. The van der Waals surface area contributed by atoms with Gasteiger partial charge in [-0.3, -0.25) is 0 Å². The van der Waals surface area contributed by atoms with Gasteiger partial charge in [0.1, 0.15) is 5.84 Å². The van der Waals surface area contributed by atoms with Gasteiger partial charge in [-0.05, 0) is 36.3 Å². The summed E-state index contributed by atoms with van der Waals surface area (Å²) in [5, 5.41) is 0. The first kappa shape index (κ1) is 11.5. The van der Waals surface area contributed by atoms with Crippen molar-refractivity contribution in [2.75, 3.05) is 13.7 Å². The predicted octanol–water partition coefficient (Wildman–Crippen LogP) is 1.98. The molecule has 2 rings (SSSR count). The van der Waals surface area contributed by atoms with Crippen molar-refractivity contribution in [3.63, 3.8) is 0 Å². The van der Waals surface area contributed by atoms with E-state index in [9.17, 15) is 0 Å². The molecule has 0 aromatic heterocycles. The molecule has 1 aliphatic rings. The predicted molar refractivity (Wildman–Crippen MR) is 68.5 cm³/mol. The van der Waals surface area contributed by atoms with Crippen molar-refractivity contribution < 1.29 is 9.47 Å². The lowest BCUT2D eigenvalue weighted by Crippen LogP contribution is -2.14. The molecule has 4 heteroatoms. The Morgan fingerprint density at radius 3 is 2.88 bits per heavy atom. The van der Waals surface area contributed by atoms with Crippen molar-refractivity contribution in [3.8, 4) is 11.5 Å². The summed E-state index contributed by atoms with van der Waals surface area (Å²) in [6.45, 7) is 2.56. The van der Waals surface area contributed by atoms with Crippen LogP contribution < -0.4 is 15.2 Å². The van der Waals surface area contributed by atoms with Crippen molar-refractivity contribution in [2.45, 2.75) is 13.3 Å². The molecule has 1 heterocycles. The third kappa shape index (κ3) is 2.41. The van der Waals surface area contributed by atoms with E-state index in [1.807, 2.05) is 25.1 Å². The van der Waals surface area contributed by atoms with Crippen molar-refractivity contribution in [3.05, 3.63) is 29.5 Å². The highest BCUT2D eigenvalue weighted by atomic mass is 16.5. The van der Waals surface area contributed by atoms with Gasteiger partial charge in [0.05, 0.1) is 13.7 Å². The fraction of sp³-hybridized carbons (Fsp3) is 0.308. The number of benzene rings is 1. The highest BCUT2D eigenvalue weighted by molar-refractivity contribution is 5.86. The third-order valence-electron chi connectivity index (χ3n) is 2.59. The number of nitrogens with zero attached hydrogens (tertiary/aromatic N) is 1. The maximum Gasteiger partial charge on any atom is 0.161 e. The lowest BCUT2D eigenvalue weighted by atomic mass is 10.0. The third-order valence-corrected chi connectivity index (χ3v) is 2.59. The molecule has 1 aliphatic heterocycles. The first-order valence-corrected chi connectivity index (χ1v) is 5.57. The highest BCUT2D eigenvalue weighted by Gasteiger charge is 2.12. The minimum Gasteiger partial charge on any atom is -0.493 e. The van der Waals surface area contributed by atoms with E-state index < -0.39 is 0 Å². The van der Waals surface area contributed by atoms with Crippen LogP contribution in [-0.2, 0) is 6.42 Å². The fourth-order valence-electron chi connectivity index (χ4n) is 1.81. The van der Waals surface area contributed by atoms with Gasteiger partial charge in [-0.2, -0.15) is 0 Å². The molecule has 0 bridgehead atoms. The van der Waals surface area contributed by atoms with E-state index >= 15 is 0 Å². The molecule has 0 fully saturated rings. The van der Waals surface area contributed by atoms with Crippen LogP contribution in [0.3, 0.4) is 0 Å². The van der Waals surface area contributed by atoms with Crippen LogP contribution >= 0.6 is 0 Å². The Morgan fingerprint density at radius 2 is 2.18 bits per heavy atom. The average molecular weight is 232 g/mol. The fourth-order valence-corrected chi connectivity index (χ4v) is 1.81. The van der Waals surface area contributed by atoms with Crippen LogP contribution in [-0.4, -0.2) is 19.6 Å². The summed E-state index contributed by atoms with van der Waals surface area (Å²) in [6.07, 6.45) is 4.27. The molecule has 1 aromatic rings. The number of hydrogen-bond acceptors (Lipinski definition) is 4. The summed E-state index contributed by atoms with van der Waals surface area (Å²) in [6, 6.07) is 3.92. The van der Waals surface area contributed by atoms with E-state index in [2.05, 4.69) is 4.99 Å². The molecule has 0 aliphatic carbocycles. The van der Waals surface area contributed by atoms with Gasteiger partial charge < -0.3 is 15.2 Å². The van der Waals surface area contributed by atoms with Crippen LogP contribution in [0, 0.1) is 0 Å². The van der Waals surface area contributed by atoms with Crippen LogP contribution in [0.1, 0.15) is 18.1 Å².